The highest BCUT2D eigenvalue weighted by molar-refractivity contribution is 7.80. The molecule has 0 radical (unpaired) electrons. The van der Waals surface area contributed by atoms with Crippen molar-refractivity contribution in [3.05, 3.63) is 23.8 Å². The number of anilines is 1. The van der Waals surface area contributed by atoms with Crippen LogP contribution in [0.1, 0.15) is 101 Å². The summed E-state index contributed by atoms with van der Waals surface area (Å²) in [6.45, 7) is 23.1. The molecule has 6 nitrogen and oxygen atoms in total. The number of nitrogens with one attached hydrogen (secondary N) is 1. The lowest BCUT2D eigenvalue weighted by Crippen LogP contribution is -2.51. The fourth-order valence-electron chi connectivity index (χ4n) is 4.11. The summed E-state index contributed by atoms with van der Waals surface area (Å²) in [7, 11) is 0. The van der Waals surface area contributed by atoms with E-state index in [2.05, 4.69) is 17.9 Å². The number of amides is 1. The molecule has 1 rings (SSSR count). The largest absolute Gasteiger partial charge is 0.375 e. The molecule has 7 heteroatoms. The fourth-order valence-corrected chi connectivity index (χ4v) is 4.44. The van der Waals surface area contributed by atoms with Gasteiger partial charge in [-0.1, -0.05) is 40.7 Å². The summed E-state index contributed by atoms with van der Waals surface area (Å²) in [5.41, 5.74) is -0.836. The maximum atomic E-state index is 13.3. The molecule has 0 bridgehead atoms. The second kappa shape index (κ2) is 13.1. The number of carbonyl (C=O) groups excluding carboxylic acids is 3. The first-order valence-electron chi connectivity index (χ1n) is 13.6. The molecule has 0 spiro atoms. The number of benzene rings is 1. The quantitative estimate of drug-likeness (QED) is 0.254. The van der Waals surface area contributed by atoms with Crippen LogP contribution in [0.5, 0.6) is 0 Å². The molecule has 1 N–H and O–H groups in total. The van der Waals surface area contributed by atoms with Crippen LogP contribution in [0.25, 0.3) is 0 Å². The van der Waals surface area contributed by atoms with E-state index in [0.29, 0.717) is 23.6 Å². The predicted molar refractivity (Wildman–Crippen MR) is 158 cm³/mol. The molecule has 0 saturated heterocycles. The highest BCUT2D eigenvalue weighted by Gasteiger charge is 2.46. The minimum atomic E-state index is -0.819. The first kappa shape index (κ1) is 34.3. The van der Waals surface area contributed by atoms with Gasteiger partial charge in [0.25, 0.3) is 0 Å². The monoisotopic (exact) mass is 549 g/mol. The number of ketones is 2. The average molecular weight is 550 g/mol. The fraction of sp³-hybridized carbons (Fsp3) is 0.710. The van der Waals surface area contributed by atoms with Crippen LogP contribution in [0.3, 0.4) is 0 Å². The number of hydrogen-bond donors (Lipinski definition) is 2. The molecule has 0 heterocycles. The Hall–Kier alpha value is -1.70. The van der Waals surface area contributed by atoms with Crippen LogP contribution in [-0.4, -0.2) is 41.4 Å². The van der Waals surface area contributed by atoms with E-state index in [0.717, 1.165) is 5.56 Å². The van der Waals surface area contributed by atoms with Gasteiger partial charge in [0.2, 0.25) is 5.91 Å². The van der Waals surface area contributed by atoms with Crippen molar-refractivity contribution < 1.29 is 23.9 Å². The zero-order chi connectivity index (χ0) is 29.7. The summed E-state index contributed by atoms with van der Waals surface area (Å²) in [5.74, 6) is -0.299. The smallest absolute Gasteiger partial charge is 0.224 e. The molecule has 2 atom stereocenters. The van der Waals surface area contributed by atoms with Gasteiger partial charge in [-0.2, -0.15) is 0 Å². The van der Waals surface area contributed by atoms with Crippen LogP contribution >= 0.6 is 12.6 Å². The molecule has 0 aliphatic heterocycles. The van der Waals surface area contributed by atoms with Crippen molar-refractivity contribution in [3.63, 3.8) is 0 Å². The third kappa shape index (κ3) is 10.5. The van der Waals surface area contributed by atoms with Gasteiger partial charge in [0.05, 0.1) is 22.3 Å². The van der Waals surface area contributed by atoms with Crippen molar-refractivity contribution in [1.82, 2.24) is 0 Å². The number of Topliss-reactive ketones (excluding diaryl/α,β-unsaturated/α-hetero) is 2. The second-order valence-electron chi connectivity index (χ2n) is 13.5. The number of ether oxygens (including phenoxy) is 2. The Balaban J connectivity index is 2.94. The summed E-state index contributed by atoms with van der Waals surface area (Å²) in [5, 5.41) is 2.93. The van der Waals surface area contributed by atoms with E-state index < -0.39 is 28.1 Å². The maximum absolute atomic E-state index is 13.3. The molecule has 1 amide bonds. The van der Waals surface area contributed by atoms with Gasteiger partial charge in [-0.05, 0) is 78.5 Å². The minimum Gasteiger partial charge on any atom is -0.375 e. The van der Waals surface area contributed by atoms with Gasteiger partial charge >= 0.3 is 0 Å². The van der Waals surface area contributed by atoms with Gasteiger partial charge in [0.15, 0.2) is 5.78 Å². The summed E-state index contributed by atoms with van der Waals surface area (Å²) < 4.78 is 12.2. The van der Waals surface area contributed by atoms with E-state index in [-0.39, 0.29) is 36.2 Å². The van der Waals surface area contributed by atoms with Crippen LogP contribution in [0.4, 0.5) is 5.69 Å². The number of rotatable bonds is 13. The Labute approximate surface area is 236 Å². The normalized spacial score (nSPS) is 14.7. The van der Waals surface area contributed by atoms with Gasteiger partial charge < -0.3 is 14.8 Å². The van der Waals surface area contributed by atoms with E-state index in [1.54, 1.807) is 6.92 Å². The van der Waals surface area contributed by atoms with Gasteiger partial charge in [0.1, 0.15) is 11.9 Å². The molecule has 1 aromatic rings. The van der Waals surface area contributed by atoms with Gasteiger partial charge in [-0.15, -0.1) is 12.6 Å². The number of thiol groups is 1. The Morgan fingerprint density at radius 3 is 2.03 bits per heavy atom. The average Bonchev–Trinajstić information content (AvgIpc) is 2.72. The topological polar surface area (TPSA) is 81.7 Å². The van der Waals surface area contributed by atoms with Crippen molar-refractivity contribution >= 4 is 35.8 Å². The first-order chi connectivity index (χ1) is 17.1. The molecular formula is C31H51NO5S. The predicted octanol–water partition coefficient (Wildman–Crippen LogP) is 7.22. The highest BCUT2D eigenvalue weighted by Crippen LogP contribution is 2.37. The van der Waals surface area contributed by atoms with E-state index in [1.807, 2.05) is 94.4 Å². The second-order valence-corrected chi connectivity index (χ2v) is 14.0. The summed E-state index contributed by atoms with van der Waals surface area (Å²) >= 11 is 4.47. The van der Waals surface area contributed by atoms with E-state index in [1.165, 1.54) is 0 Å². The van der Waals surface area contributed by atoms with Crippen LogP contribution < -0.4 is 5.32 Å². The lowest BCUT2D eigenvalue weighted by Gasteiger charge is -2.42. The zero-order valence-corrected chi connectivity index (χ0v) is 26.6. The van der Waals surface area contributed by atoms with Gasteiger partial charge in [-0.25, -0.2) is 0 Å². The minimum absolute atomic E-state index is 0.0306. The summed E-state index contributed by atoms with van der Waals surface area (Å²) in [6, 6.07) is 5.65. The Bertz CT molecular complexity index is 985. The SMILES string of the molecule is Cc1ccc(NC(=O)CC(CCOC(C)(C)C(C)(C)C(=O)C(C)OC(C)(C)C)CC(=O)C(C)(C)C)c(S)c1. The zero-order valence-electron chi connectivity index (χ0n) is 25.7. The molecule has 2 unspecified atom stereocenters. The van der Waals surface area contributed by atoms with E-state index in [9.17, 15) is 14.4 Å². The van der Waals surface area contributed by atoms with E-state index >= 15 is 0 Å². The Morgan fingerprint density at radius 2 is 1.53 bits per heavy atom. The van der Waals surface area contributed by atoms with Crippen molar-refractivity contribution in [2.75, 3.05) is 11.9 Å². The lowest BCUT2D eigenvalue weighted by molar-refractivity contribution is -0.166. The summed E-state index contributed by atoms with van der Waals surface area (Å²) in [6.07, 6.45) is 0.401. The maximum Gasteiger partial charge on any atom is 0.224 e. The van der Waals surface area contributed by atoms with Crippen LogP contribution in [0.2, 0.25) is 0 Å². The molecule has 38 heavy (non-hydrogen) atoms. The van der Waals surface area contributed by atoms with Crippen molar-refractivity contribution in [2.45, 2.75) is 125 Å². The number of hydrogen-bond acceptors (Lipinski definition) is 6. The number of aryl methyl sites for hydroxylation is 1. The Morgan fingerprint density at radius 1 is 0.947 bits per heavy atom. The third-order valence-corrected chi connectivity index (χ3v) is 7.59. The Kier molecular flexibility index (Phi) is 11.8. The number of carbonyl (C=O) groups is 3. The third-order valence-electron chi connectivity index (χ3n) is 7.22. The van der Waals surface area contributed by atoms with Crippen LogP contribution in [0, 0.1) is 23.7 Å². The first-order valence-corrected chi connectivity index (χ1v) is 14.0. The van der Waals surface area contributed by atoms with Gasteiger partial charge in [0, 0.05) is 29.8 Å². The molecule has 0 aliphatic carbocycles. The van der Waals surface area contributed by atoms with Crippen molar-refractivity contribution in [1.29, 1.82) is 0 Å². The lowest BCUT2D eigenvalue weighted by atomic mass is 9.72. The highest BCUT2D eigenvalue weighted by atomic mass is 32.1. The standard InChI is InChI=1S/C31H51NO5S/c1-20-13-14-23(24(38)17-20)32-26(34)19-22(18-25(33)28(3,4)5)15-16-36-31(11,12)30(9,10)27(35)21(2)37-29(6,7)8/h13-14,17,21-22,38H,15-16,18-19H2,1-12H3,(H,32,34). The molecule has 0 fully saturated rings. The van der Waals surface area contributed by atoms with Gasteiger partial charge in [-0.3, -0.25) is 14.4 Å². The molecule has 1 aromatic carbocycles. The van der Waals surface area contributed by atoms with Crippen LogP contribution in [0.15, 0.2) is 23.1 Å². The van der Waals surface area contributed by atoms with Crippen LogP contribution in [-0.2, 0) is 23.9 Å². The van der Waals surface area contributed by atoms with Crippen molar-refractivity contribution in [3.8, 4) is 0 Å². The molecule has 0 aliphatic rings. The van der Waals surface area contributed by atoms with Crippen molar-refractivity contribution in [2.24, 2.45) is 16.7 Å². The molecule has 216 valence electrons. The molecular weight excluding hydrogens is 498 g/mol. The van der Waals surface area contributed by atoms with E-state index in [4.69, 9.17) is 9.47 Å². The summed E-state index contributed by atoms with van der Waals surface area (Å²) in [4.78, 5) is 39.8. The molecule has 0 saturated carbocycles. The molecule has 0 aromatic heterocycles.